The summed E-state index contributed by atoms with van der Waals surface area (Å²) in [6.45, 7) is 13.2. The van der Waals surface area contributed by atoms with Gasteiger partial charge >= 0.3 is 11.7 Å². The molecular weight excluding hydrogens is 464 g/mol. The van der Waals surface area contributed by atoms with Crippen LogP contribution in [0.4, 0.5) is 0 Å². The maximum atomic E-state index is 13.7. The lowest BCUT2D eigenvalue weighted by atomic mass is 9.44. The number of ether oxygens (including phenoxy) is 1. The molecule has 4 rings (SSSR count). The molecule has 0 amide bonds. The molecule has 0 radical (unpaired) electrons. The molecular formula is C31H48N2O4. The highest BCUT2D eigenvalue weighted by atomic mass is 16.5. The fourth-order valence-electron chi connectivity index (χ4n) is 9.60. The molecule has 6 heteroatoms. The normalized spacial score (nSPS) is 39.7. The molecule has 37 heavy (non-hydrogen) atoms. The molecule has 4 aliphatic carbocycles. The summed E-state index contributed by atoms with van der Waals surface area (Å²) in [6, 6.07) is 0. The number of rotatable bonds is 8. The quantitative estimate of drug-likeness (QED) is 0.123. The summed E-state index contributed by atoms with van der Waals surface area (Å²) in [6.07, 6.45) is 11.3. The Bertz CT molecular complexity index is 968. The number of ketones is 2. The van der Waals surface area contributed by atoms with Gasteiger partial charge in [-0.2, -0.15) is 4.79 Å². The lowest BCUT2D eigenvalue weighted by Crippen LogP contribution is -2.57. The second kappa shape index (κ2) is 10.8. The number of hydrogen-bond acceptors (Lipinski definition) is 4. The number of hydrogen-bond donors (Lipinski definition) is 0. The van der Waals surface area contributed by atoms with E-state index in [0.29, 0.717) is 48.2 Å². The highest BCUT2D eigenvalue weighted by molar-refractivity contribution is 6.61. The second-order valence-electron chi connectivity index (χ2n) is 13.9. The lowest BCUT2D eigenvalue weighted by Gasteiger charge is -2.60. The fourth-order valence-corrected chi connectivity index (χ4v) is 9.60. The minimum absolute atomic E-state index is 0.0559. The topological polar surface area (TPSA) is 96.8 Å². The number of carbonyl (C=O) groups is 3. The van der Waals surface area contributed by atoms with Crippen molar-refractivity contribution >= 4 is 23.2 Å². The number of carbonyl (C=O) groups excluding carboxylic acids is 3. The lowest BCUT2D eigenvalue weighted by molar-refractivity contribution is -0.169. The van der Waals surface area contributed by atoms with Crippen molar-refractivity contribution in [2.45, 2.75) is 118 Å². The van der Waals surface area contributed by atoms with Crippen molar-refractivity contribution in [3.63, 3.8) is 0 Å². The van der Waals surface area contributed by atoms with Crippen molar-refractivity contribution in [1.82, 2.24) is 0 Å². The van der Waals surface area contributed by atoms with E-state index in [0.717, 1.165) is 24.2 Å². The summed E-state index contributed by atoms with van der Waals surface area (Å²) >= 11 is 0. The Morgan fingerprint density at radius 1 is 1.03 bits per heavy atom. The Morgan fingerprint density at radius 2 is 1.70 bits per heavy atom. The maximum Gasteiger partial charge on any atom is 0.441 e. The fraction of sp³-hybridized carbons (Fsp3) is 0.871. The van der Waals surface area contributed by atoms with E-state index in [1.807, 2.05) is 0 Å². The van der Waals surface area contributed by atoms with Gasteiger partial charge in [0, 0.05) is 19.3 Å². The smallest absolute Gasteiger partial charge is 0.441 e. The highest BCUT2D eigenvalue weighted by Gasteiger charge is 2.62. The SMILES string of the molecule is CC(=O)C(=[N+]=[N-])C(=O)O[C@H]1CC[C@@]2(C)[C@H](C1)C(=O)C[C@@H]1[C@@H]2CC[C@]2(C)[C@@H]([C@H](C)CCCC(C)C)CC[C@@H]12. The van der Waals surface area contributed by atoms with Gasteiger partial charge in [0.15, 0.2) is 0 Å². The average molecular weight is 513 g/mol. The van der Waals surface area contributed by atoms with Gasteiger partial charge in [-0.15, -0.1) is 0 Å². The Hall–Kier alpha value is -1.81. The Kier molecular flexibility index (Phi) is 8.19. The van der Waals surface area contributed by atoms with Crippen molar-refractivity contribution in [2.75, 3.05) is 0 Å². The number of nitrogens with zero attached hydrogens (tertiary/aromatic N) is 2. The van der Waals surface area contributed by atoms with Crippen LogP contribution >= 0.6 is 0 Å². The third kappa shape index (κ3) is 5.12. The largest absolute Gasteiger partial charge is 0.453 e. The van der Waals surface area contributed by atoms with Gasteiger partial charge in [-0.1, -0.05) is 53.9 Å². The van der Waals surface area contributed by atoms with Crippen LogP contribution in [0.3, 0.4) is 0 Å². The van der Waals surface area contributed by atoms with E-state index in [4.69, 9.17) is 10.3 Å². The zero-order valence-corrected chi connectivity index (χ0v) is 23.9. The van der Waals surface area contributed by atoms with Gasteiger partial charge in [0.25, 0.3) is 0 Å². The molecule has 0 N–H and O–H groups in total. The van der Waals surface area contributed by atoms with Crippen molar-refractivity contribution in [3.05, 3.63) is 5.53 Å². The monoisotopic (exact) mass is 512 g/mol. The average Bonchev–Trinajstić information content (AvgIpc) is 3.17. The van der Waals surface area contributed by atoms with Gasteiger partial charge in [0.05, 0.1) is 0 Å². The summed E-state index contributed by atoms with van der Waals surface area (Å²) in [7, 11) is 0. The Labute approximate surface area is 223 Å². The first-order valence-corrected chi connectivity index (χ1v) is 14.9. The summed E-state index contributed by atoms with van der Waals surface area (Å²) in [5.74, 6) is 2.67. The van der Waals surface area contributed by atoms with E-state index >= 15 is 0 Å². The molecule has 0 aromatic heterocycles. The molecule has 0 saturated heterocycles. The van der Waals surface area contributed by atoms with Gasteiger partial charge in [0.1, 0.15) is 11.9 Å². The Morgan fingerprint density at radius 3 is 2.35 bits per heavy atom. The summed E-state index contributed by atoms with van der Waals surface area (Å²) in [4.78, 5) is 40.4. The van der Waals surface area contributed by atoms with Crippen molar-refractivity contribution < 1.29 is 23.9 Å². The van der Waals surface area contributed by atoms with Crippen LogP contribution < -0.4 is 0 Å². The number of fused-ring (bicyclic) bond motifs is 5. The summed E-state index contributed by atoms with van der Waals surface area (Å²) in [5, 5.41) is 0. The van der Waals surface area contributed by atoms with E-state index in [1.165, 1.54) is 51.9 Å². The Balaban J connectivity index is 1.45. The van der Waals surface area contributed by atoms with E-state index in [1.54, 1.807) is 0 Å². The van der Waals surface area contributed by atoms with Gasteiger partial charge < -0.3 is 10.3 Å². The van der Waals surface area contributed by atoms with Crippen LogP contribution in [0.15, 0.2) is 0 Å². The molecule has 4 fully saturated rings. The molecule has 9 atom stereocenters. The predicted octanol–water partition coefficient (Wildman–Crippen LogP) is 6.46. The minimum atomic E-state index is -0.891. The van der Waals surface area contributed by atoms with Crippen LogP contribution in [0, 0.1) is 52.3 Å². The first-order valence-electron chi connectivity index (χ1n) is 14.9. The molecule has 4 aliphatic rings. The molecule has 0 unspecified atom stereocenters. The molecule has 0 bridgehead atoms. The minimum Gasteiger partial charge on any atom is -0.453 e. The molecule has 0 aromatic rings. The van der Waals surface area contributed by atoms with Crippen molar-refractivity contribution in [2.24, 2.45) is 52.3 Å². The zero-order chi connectivity index (χ0) is 27.1. The third-order valence-corrected chi connectivity index (χ3v) is 11.5. The predicted molar refractivity (Wildman–Crippen MR) is 143 cm³/mol. The van der Waals surface area contributed by atoms with Gasteiger partial charge in [-0.05, 0) is 91.3 Å². The van der Waals surface area contributed by atoms with E-state index in [9.17, 15) is 14.4 Å². The standard InChI is InChI=1S/C31H48N2O4/c1-18(2)8-7-9-19(3)23-10-11-24-22-17-27(35)26-16-21(37-29(36)28(33-32)20(4)34)12-14-31(26,6)25(22)13-15-30(23,24)5/h18-19,21-26H,7-17H2,1-6H3/t19-,21+,22+,23-,24+,25+,26-,30-,31-/m1/s1. The molecule has 6 nitrogen and oxygen atoms in total. The molecule has 0 heterocycles. The van der Waals surface area contributed by atoms with E-state index in [-0.39, 0.29) is 11.3 Å². The third-order valence-electron chi connectivity index (χ3n) is 11.5. The molecule has 206 valence electrons. The maximum absolute atomic E-state index is 13.7. The molecule has 4 saturated carbocycles. The number of esters is 1. The van der Waals surface area contributed by atoms with Crippen LogP contribution in [0.5, 0.6) is 0 Å². The molecule has 0 aromatic carbocycles. The van der Waals surface area contributed by atoms with Crippen LogP contribution in [0.1, 0.15) is 112 Å². The van der Waals surface area contributed by atoms with E-state index < -0.39 is 23.6 Å². The van der Waals surface area contributed by atoms with Gasteiger partial charge in [0.2, 0.25) is 5.78 Å². The van der Waals surface area contributed by atoms with Crippen LogP contribution in [-0.2, 0) is 19.1 Å². The van der Waals surface area contributed by atoms with Crippen LogP contribution in [0.25, 0.3) is 5.53 Å². The van der Waals surface area contributed by atoms with Crippen molar-refractivity contribution in [1.29, 1.82) is 0 Å². The second-order valence-corrected chi connectivity index (χ2v) is 13.9. The zero-order valence-electron chi connectivity index (χ0n) is 23.9. The first kappa shape index (κ1) is 28.2. The number of Topliss-reactive ketones (excluding diaryl/α,β-unsaturated/α-hetero) is 2. The summed E-state index contributed by atoms with van der Waals surface area (Å²) < 4.78 is 5.55. The van der Waals surface area contributed by atoms with E-state index in [2.05, 4.69) is 39.4 Å². The van der Waals surface area contributed by atoms with Gasteiger partial charge in [-0.25, -0.2) is 4.79 Å². The van der Waals surface area contributed by atoms with Crippen LogP contribution in [-0.4, -0.2) is 34.1 Å². The molecule has 0 aliphatic heterocycles. The van der Waals surface area contributed by atoms with Crippen molar-refractivity contribution in [3.8, 4) is 0 Å². The highest BCUT2D eigenvalue weighted by Crippen LogP contribution is 2.68. The van der Waals surface area contributed by atoms with Gasteiger partial charge in [-0.3, -0.25) is 9.59 Å². The van der Waals surface area contributed by atoms with Crippen LogP contribution in [0.2, 0.25) is 0 Å². The molecule has 0 spiro atoms. The summed E-state index contributed by atoms with van der Waals surface area (Å²) in [5.41, 5.74) is 8.73. The first-order chi connectivity index (χ1) is 17.4.